The molecule has 31 heavy (non-hydrogen) atoms. The predicted molar refractivity (Wildman–Crippen MR) is 126 cm³/mol. The van der Waals surface area contributed by atoms with Crippen molar-refractivity contribution in [3.63, 3.8) is 0 Å². The van der Waals surface area contributed by atoms with E-state index in [1.54, 1.807) is 36.4 Å². The highest BCUT2D eigenvalue weighted by Gasteiger charge is 2.38. The SMILES string of the molecule is O=C1C(Nc2ccc(Cl)cc2)=C(Sc2ccc(Cl)cc2)C(=O)N1CCc1ccccc1. The molecule has 0 bridgehead atoms. The van der Waals surface area contributed by atoms with Crippen LogP contribution in [0.3, 0.4) is 0 Å². The van der Waals surface area contributed by atoms with Gasteiger partial charge in [-0.15, -0.1) is 0 Å². The Labute approximate surface area is 194 Å². The number of rotatable bonds is 7. The molecule has 0 saturated carbocycles. The average molecular weight is 469 g/mol. The Morgan fingerprint density at radius 2 is 1.39 bits per heavy atom. The van der Waals surface area contributed by atoms with E-state index in [-0.39, 0.29) is 17.5 Å². The van der Waals surface area contributed by atoms with Crippen LogP contribution in [-0.4, -0.2) is 23.3 Å². The minimum atomic E-state index is -0.340. The fraction of sp³-hybridized carbons (Fsp3) is 0.0833. The molecule has 2 amide bonds. The third-order valence-electron chi connectivity index (χ3n) is 4.74. The van der Waals surface area contributed by atoms with E-state index in [2.05, 4.69) is 5.32 Å². The zero-order valence-corrected chi connectivity index (χ0v) is 18.7. The molecule has 0 aliphatic carbocycles. The van der Waals surface area contributed by atoms with Crippen LogP contribution in [0.4, 0.5) is 5.69 Å². The lowest BCUT2D eigenvalue weighted by Crippen LogP contribution is -2.34. The van der Waals surface area contributed by atoms with Crippen LogP contribution in [0.15, 0.2) is 94.4 Å². The number of halogens is 2. The van der Waals surface area contributed by atoms with Gasteiger partial charge in [-0.05, 0) is 60.5 Å². The van der Waals surface area contributed by atoms with E-state index in [4.69, 9.17) is 23.2 Å². The fourth-order valence-corrected chi connectivity index (χ4v) is 4.34. The number of imide groups is 1. The number of hydrogen-bond acceptors (Lipinski definition) is 4. The highest BCUT2D eigenvalue weighted by Crippen LogP contribution is 2.36. The Bertz CT molecular complexity index is 1060. The molecule has 3 aromatic carbocycles. The molecule has 4 rings (SSSR count). The summed E-state index contributed by atoms with van der Waals surface area (Å²) in [4.78, 5) is 28.9. The first kappa shape index (κ1) is 21.5. The number of carbonyl (C=O) groups is 2. The van der Waals surface area contributed by atoms with Crippen molar-refractivity contribution in [3.8, 4) is 0 Å². The van der Waals surface area contributed by atoms with Crippen molar-refractivity contribution in [2.24, 2.45) is 0 Å². The van der Waals surface area contributed by atoms with Gasteiger partial charge in [0, 0.05) is 27.2 Å². The van der Waals surface area contributed by atoms with Crippen molar-refractivity contribution in [2.75, 3.05) is 11.9 Å². The van der Waals surface area contributed by atoms with Gasteiger partial charge in [-0.3, -0.25) is 14.5 Å². The molecule has 156 valence electrons. The van der Waals surface area contributed by atoms with Gasteiger partial charge in [-0.2, -0.15) is 0 Å². The smallest absolute Gasteiger partial charge is 0.278 e. The third kappa shape index (κ3) is 5.13. The van der Waals surface area contributed by atoms with Gasteiger partial charge in [-0.1, -0.05) is 65.3 Å². The topological polar surface area (TPSA) is 49.4 Å². The molecule has 0 spiro atoms. The molecule has 1 heterocycles. The van der Waals surface area contributed by atoms with E-state index in [0.717, 1.165) is 10.5 Å². The molecule has 4 nitrogen and oxygen atoms in total. The quantitative estimate of drug-likeness (QED) is 0.430. The van der Waals surface area contributed by atoms with E-state index in [0.29, 0.717) is 33.6 Å². The lowest BCUT2D eigenvalue weighted by atomic mass is 10.1. The van der Waals surface area contributed by atoms with Gasteiger partial charge >= 0.3 is 0 Å². The van der Waals surface area contributed by atoms with E-state index >= 15 is 0 Å². The van der Waals surface area contributed by atoms with Gasteiger partial charge in [0.1, 0.15) is 10.6 Å². The second-order valence-electron chi connectivity index (χ2n) is 6.89. The number of carbonyl (C=O) groups excluding carboxylic acids is 2. The molecule has 3 aromatic rings. The maximum absolute atomic E-state index is 13.2. The Balaban J connectivity index is 1.61. The summed E-state index contributed by atoms with van der Waals surface area (Å²) in [6.07, 6.45) is 0.589. The molecular weight excluding hydrogens is 451 g/mol. The molecule has 1 N–H and O–H groups in total. The van der Waals surface area contributed by atoms with Crippen LogP contribution in [0.1, 0.15) is 5.56 Å². The summed E-state index contributed by atoms with van der Waals surface area (Å²) < 4.78 is 0. The van der Waals surface area contributed by atoms with Crippen molar-refractivity contribution < 1.29 is 9.59 Å². The summed E-state index contributed by atoms with van der Waals surface area (Å²) in [6, 6.07) is 23.9. The molecule has 1 aliphatic heterocycles. The summed E-state index contributed by atoms with van der Waals surface area (Å²) in [5, 5.41) is 4.32. The van der Waals surface area contributed by atoms with Crippen LogP contribution in [-0.2, 0) is 16.0 Å². The molecule has 0 fully saturated rings. The second kappa shape index (κ2) is 9.60. The number of thioether (sulfide) groups is 1. The van der Waals surface area contributed by atoms with Crippen LogP contribution < -0.4 is 5.32 Å². The van der Waals surface area contributed by atoms with Gasteiger partial charge in [0.2, 0.25) is 0 Å². The third-order valence-corrected chi connectivity index (χ3v) is 6.33. The number of nitrogens with zero attached hydrogens (tertiary/aromatic N) is 1. The first-order valence-electron chi connectivity index (χ1n) is 9.61. The zero-order valence-electron chi connectivity index (χ0n) is 16.3. The van der Waals surface area contributed by atoms with Crippen LogP contribution in [0.5, 0.6) is 0 Å². The number of amides is 2. The molecule has 1 aliphatic rings. The largest absolute Gasteiger partial charge is 0.350 e. The molecule has 7 heteroatoms. The number of benzene rings is 3. The molecule has 0 unspecified atom stereocenters. The Morgan fingerprint density at radius 3 is 2.03 bits per heavy atom. The first-order valence-corrected chi connectivity index (χ1v) is 11.2. The molecule has 0 atom stereocenters. The summed E-state index contributed by atoms with van der Waals surface area (Å²) in [6.45, 7) is 0.304. The van der Waals surface area contributed by atoms with Gasteiger partial charge in [0.15, 0.2) is 0 Å². The Kier molecular flexibility index (Phi) is 6.66. The van der Waals surface area contributed by atoms with Crippen molar-refractivity contribution in [1.82, 2.24) is 4.90 Å². The van der Waals surface area contributed by atoms with Crippen molar-refractivity contribution in [3.05, 3.63) is 105 Å². The summed E-state index contributed by atoms with van der Waals surface area (Å²) in [5.41, 5.74) is 2.01. The van der Waals surface area contributed by atoms with E-state index in [9.17, 15) is 9.59 Å². The van der Waals surface area contributed by atoms with E-state index in [1.807, 2.05) is 42.5 Å². The molecule has 0 aromatic heterocycles. The highest BCUT2D eigenvalue weighted by atomic mass is 35.5. The first-order chi connectivity index (χ1) is 15.0. The van der Waals surface area contributed by atoms with Crippen molar-refractivity contribution in [1.29, 1.82) is 0 Å². The van der Waals surface area contributed by atoms with Gasteiger partial charge in [0.05, 0.1) is 0 Å². The Hall–Kier alpha value is -2.73. The maximum Gasteiger partial charge on any atom is 0.278 e. The van der Waals surface area contributed by atoms with E-state index in [1.165, 1.54) is 16.7 Å². The lowest BCUT2D eigenvalue weighted by molar-refractivity contribution is -0.137. The van der Waals surface area contributed by atoms with Gasteiger partial charge < -0.3 is 5.32 Å². The van der Waals surface area contributed by atoms with E-state index < -0.39 is 0 Å². The van der Waals surface area contributed by atoms with Crippen LogP contribution in [0.2, 0.25) is 10.0 Å². The Morgan fingerprint density at radius 1 is 0.774 bits per heavy atom. The van der Waals surface area contributed by atoms with Crippen molar-refractivity contribution in [2.45, 2.75) is 11.3 Å². The standard InChI is InChI=1S/C24H18Cl2N2O2S/c25-17-6-10-19(11-7-17)27-21-22(31-20-12-8-18(26)9-13-20)24(30)28(23(21)29)15-14-16-4-2-1-3-5-16/h1-13,27H,14-15H2. The fourth-order valence-electron chi connectivity index (χ4n) is 3.15. The minimum absolute atomic E-state index is 0.264. The predicted octanol–water partition coefficient (Wildman–Crippen LogP) is 6.02. The highest BCUT2D eigenvalue weighted by molar-refractivity contribution is 8.04. The van der Waals surface area contributed by atoms with Crippen molar-refractivity contribution >= 4 is 52.5 Å². The minimum Gasteiger partial charge on any atom is -0.350 e. The number of nitrogens with one attached hydrogen (secondary N) is 1. The van der Waals surface area contributed by atoms with Crippen LogP contribution in [0.25, 0.3) is 0 Å². The van der Waals surface area contributed by atoms with Gasteiger partial charge in [0.25, 0.3) is 11.8 Å². The maximum atomic E-state index is 13.2. The molecule has 0 saturated heterocycles. The summed E-state index contributed by atoms with van der Waals surface area (Å²) >= 11 is 13.2. The number of hydrogen-bond donors (Lipinski definition) is 1. The summed E-state index contributed by atoms with van der Waals surface area (Å²) in [7, 11) is 0. The van der Waals surface area contributed by atoms with Crippen LogP contribution in [0, 0.1) is 0 Å². The van der Waals surface area contributed by atoms with Gasteiger partial charge in [-0.25, -0.2) is 0 Å². The summed E-state index contributed by atoms with van der Waals surface area (Å²) in [5.74, 6) is -0.648. The van der Waals surface area contributed by atoms with Crippen LogP contribution >= 0.6 is 35.0 Å². The average Bonchev–Trinajstić information content (AvgIpc) is 3.00. The monoisotopic (exact) mass is 468 g/mol. The number of anilines is 1. The normalized spacial score (nSPS) is 13.8. The molecule has 0 radical (unpaired) electrons. The zero-order chi connectivity index (χ0) is 21.8. The second-order valence-corrected chi connectivity index (χ2v) is 8.85. The molecular formula is C24H18Cl2N2O2S. The lowest BCUT2D eigenvalue weighted by Gasteiger charge is -2.15.